The first-order valence-electron chi connectivity index (χ1n) is 29.8. The van der Waals surface area contributed by atoms with E-state index in [0.29, 0.717) is 24.5 Å². The van der Waals surface area contributed by atoms with Gasteiger partial charge in [-0.3, -0.25) is 0 Å². The number of phenolic OH excluding ortho intramolecular Hbond substituents is 2. The SMILES string of the molecule is CCCCCCCCCCCCCCCCCCNC(=O)Oc1ccc(/N=N/c2ccc(-c3ccc(/N=N/c4ccc(OC(=O)NCCCCCCCCCCCCCCCCCC)cc4O)c(C)c3)cc2C)c(O)c1. The number of azo groups is 2. The topological polar surface area (TPSA) is 167 Å². The molecule has 12 nitrogen and oxygen atoms in total. The number of hydrogen-bond acceptors (Lipinski definition) is 10. The van der Waals surface area contributed by atoms with Crippen LogP contribution in [0.15, 0.2) is 93.3 Å². The number of rotatable bonds is 41. The zero-order valence-electron chi connectivity index (χ0n) is 47.3. The van der Waals surface area contributed by atoms with Crippen LogP contribution in [0.25, 0.3) is 11.1 Å². The summed E-state index contributed by atoms with van der Waals surface area (Å²) in [6.07, 6.45) is 40.5. The van der Waals surface area contributed by atoms with E-state index in [-0.39, 0.29) is 34.4 Å². The molecule has 0 fully saturated rings. The molecule has 4 rings (SSSR count). The largest absolute Gasteiger partial charge is 0.505 e. The third kappa shape index (κ3) is 27.3. The molecular weight excluding hydrogens is 949 g/mol. The van der Waals surface area contributed by atoms with Crippen molar-refractivity contribution in [3.8, 4) is 34.1 Å². The average molecular weight is 1050 g/mol. The van der Waals surface area contributed by atoms with Crippen LogP contribution in [-0.4, -0.2) is 35.5 Å². The zero-order valence-corrected chi connectivity index (χ0v) is 47.3. The second-order valence-corrected chi connectivity index (χ2v) is 20.9. The van der Waals surface area contributed by atoms with Crippen LogP contribution < -0.4 is 20.1 Å². The molecule has 0 saturated heterocycles. The van der Waals surface area contributed by atoms with E-state index in [1.807, 2.05) is 50.2 Å². The van der Waals surface area contributed by atoms with Crippen LogP contribution in [0.5, 0.6) is 23.0 Å². The van der Waals surface area contributed by atoms with Crippen LogP contribution in [0.4, 0.5) is 32.3 Å². The quantitative estimate of drug-likeness (QED) is 0.0255. The molecule has 0 aromatic heterocycles. The highest BCUT2D eigenvalue weighted by atomic mass is 16.6. The van der Waals surface area contributed by atoms with Gasteiger partial charge in [-0.2, -0.15) is 10.2 Å². The van der Waals surface area contributed by atoms with Gasteiger partial charge >= 0.3 is 12.2 Å². The molecule has 0 aliphatic carbocycles. The first kappa shape index (κ1) is 62.8. The lowest BCUT2D eigenvalue weighted by atomic mass is 10.0. The number of ether oxygens (including phenoxy) is 2. The third-order valence-electron chi connectivity index (χ3n) is 14.2. The van der Waals surface area contributed by atoms with E-state index in [4.69, 9.17) is 9.47 Å². The molecule has 4 N–H and O–H groups in total. The molecule has 4 aromatic carbocycles. The number of unbranched alkanes of at least 4 members (excludes halogenated alkanes) is 30. The minimum absolute atomic E-state index is 0.148. The highest BCUT2D eigenvalue weighted by molar-refractivity contribution is 5.72. The molecule has 2 amide bonds. The number of hydrogen-bond donors (Lipinski definition) is 4. The molecule has 0 heterocycles. The maximum atomic E-state index is 12.4. The number of benzene rings is 4. The fraction of sp³-hybridized carbons (Fsp3) is 0.594. The lowest BCUT2D eigenvalue weighted by molar-refractivity contribution is 0.199. The first-order chi connectivity index (χ1) is 37.2. The molecule has 0 radical (unpaired) electrons. The van der Waals surface area contributed by atoms with Gasteiger partial charge in [0.15, 0.2) is 0 Å². The highest BCUT2D eigenvalue weighted by Gasteiger charge is 2.11. The Morgan fingerprint density at radius 1 is 0.368 bits per heavy atom. The first-order valence-corrected chi connectivity index (χ1v) is 29.8. The summed E-state index contributed by atoms with van der Waals surface area (Å²) < 4.78 is 10.8. The van der Waals surface area contributed by atoms with Crippen LogP contribution in [0.2, 0.25) is 0 Å². The molecule has 0 unspecified atom stereocenters. The standard InChI is InChI=1S/C64H96N6O6/c1-5-7-9-11-13-15-17-19-21-23-25-27-29-31-33-35-45-65-63(73)75-55-39-43-59(61(71)49-55)69-67-57-41-37-53(47-51(57)3)54-38-42-58(52(4)48-54)68-70-60-44-40-56(50-62(60)72)76-64(74)66-46-36-34-32-30-28-26-24-22-20-18-16-14-12-10-8-6-2/h37-44,47-50,71-72H,5-36,45-46H2,1-4H3,(H,65,73)(H,66,74)/b69-67+,70-68+. The van der Waals surface area contributed by atoms with E-state index in [9.17, 15) is 19.8 Å². The van der Waals surface area contributed by atoms with Gasteiger partial charge < -0.3 is 30.3 Å². The fourth-order valence-corrected chi connectivity index (χ4v) is 9.43. The van der Waals surface area contributed by atoms with Crippen LogP contribution >= 0.6 is 0 Å². The van der Waals surface area contributed by atoms with Crippen molar-refractivity contribution in [2.45, 2.75) is 233 Å². The van der Waals surface area contributed by atoms with Crippen LogP contribution in [0.3, 0.4) is 0 Å². The monoisotopic (exact) mass is 1040 g/mol. The van der Waals surface area contributed by atoms with E-state index in [2.05, 4.69) is 44.9 Å². The van der Waals surface area contributed by atoms with Gasteiger partial charge in [0.05, 0.1) is 11.4 Å². The maximum absolute atomic E-state index is 12.4. The summed E-state index contributed by atoms with van der Waals surface area (Å²) in [7, 11) is 0. The van der Waals surface area contributed by atoms with Crippen LogP contribution in [0.1, 0.15) is 230 Å². The molecule has 0 spiro atoms. The third-order valence-corrected chi connectivity index (χ3v) is 14.2. The smallest absolute Gasteiger partial charge is 0.412 e. The minimum Gasteiger partial charge on any atom is -0.505 e. The molecule has 0 bridgehead atoms. The molecule has 76 heavy (non-hydrogen) atoms. The molecule has 0 saturated carbocycles. The molecule has 0 aliphatic heterocycles. The Bertz CT molecular complexity index is 2140. The summed E-state index contributed by atoms with van der Waals surface area (Å²) in [5.74, 6) is 0.147. The van der Waals surface area contributed by atoms with Crippen molar-refractivity contribution in [1.29, 1.82) is 0 Å². The van der Waals surface area contributed by atoms with E-state index in [1.54, 1.807) is 24.3 Å². The number of phenols is 2. The van der Waals surface area contributed by atoms with Crippen molar-refractivity contribution in [1.82, 2.24) is 10.6 Å². The fourth-order valence-electron chi connectivity index (χ4n) is 9.43. The molecule has 0 aliphatic rings. The van der Waals surface area contributed by atoms with Crippen molar-refractivity contribution in [3.63, 3.8) is 0 Å². The summed E-state index contributed by atoms with van der Waals surface area (Å²) in [5.41, 5.74) is 5.51. The van der Waals surface area contributed by atoms with Gasteiger partial charge in [-0.05, 0) is 97.5 Å². The second-order valence-electron chi connectivity index (χ2n) is 20.9. The Kier molecular flexibility index (Phi) is 32.7. The van der Waals surface area contributed by atoms with Gasteiger partial charge in [-0.1, -0.05) is 219 Å². The number of nitrogens with zero attached hydrogens (tertiary/aromatic N) is 4. The van der Waals surface area contributed by atoms with Gasteiger partial charge in [0.1, 0.15) is 34.4 Å². The van der Waals surface area contributed by atoms with E-state index in [1.165, 1.54) is 192 Å². The maximum Gasteiger partial charge on any atom is 0.412 e. The minimum atomic E-state index is -0.550. The summed E-state index contributed by atoms with van der Waals surface area (Å²) in [6.45, 7) is 9.53. The second kappa shape index (κ2) is 39.6. The van der Waals surface area contributed by atoms with Crippen LogP contribution in [-0.2, 0) is 0 Å². The average Bonchev–Trinajstić information content (AvgIpc) is 3.40. The van der Waals surface area contributed by atoms with Crippen molar-refractivity contribution >= 4 is 34.9 Å². The molecule has 4 aromatic rings. The number of aromatic hydroxyl groups is 2. The van der Waals surface area contributed by atoms with E-state index in [0.717, 1.165) is 47.9 Å². The number of aryl methyl sites for hydroxylation is 2. The normalized spacial score (nSPS) is 11.5. The van der Waals surface area contributed by atoms with Crippen molar-refractivity contribution < 1.29 is 29.3 Å². The number of carbonyl (C=O) groups is 2. The predicted molar refractivity (Wildman–Crippen MR) is 313 cm³/mol. The van der Waals surface area contributed by atoms with Crippen molar-refractivity contribution in [2.24, 2.45) is 20.5 Å². The summed E-state index contributed by atoms with van der Waals surface area (Å²) >= 11 is 0. The molecule has 0 atom stereocenters. The summed E-state index contributed by atoms with van der Waals surface area (Å²) in [4.78, 5) is 24.8. The number of nitrogens with one attached hydrogen (secondary N) is 2. The Balaban J connectivity index is 1.08. The summed E-state index contributed by atoms with van der Waals surface area (Å²) in [6, 6.07) is 20.7. The molecule has 418 valence electrons. The van der Waals surface area contributed by atoms with E-state index < -0.39 is 12.2 Å². The Labute approximate surface area is 457 Å². The molecule has 12 heteroatoms. The number of carbonyl (C=O) groups excluding carboxylic acids is 2. The lowest BCUT2D eigenvalue weighted by Crippen LogP contribution is -2.27. The Hall–Kier alpha value is -5.78. The van der Waals surface area contributed by atoms with Gasteiger partial charge in [-0.25, -0.2) is 9.59 Å². The Morgan fingerprint density at radius 3 is 0.908 bits per heavy atom. The number of amides is 2. The molecular formula is C64H96N6O6. The highest BCUT2D eigenvalue weighted by Crippen LogP contribution is 2.36. The van der Waals surface area contributed by atoms with Crippen molar-refractivity contribution in [2.75, 3.05) is 13.1 Å². The lowest BCUT2D eigenvalue weighted by Gasteiger charge is -2.09. The van der Waals surface area contributed by atoms with E-state index >= 15 is 0 Å². The summed E-state index contributed by atoms with van der Waals surface area (Å²) in [5, 5.41) is 44.3. The Morgan fingerprint density at radius 2 is 0.632 bits per heavy atom. The van der Waals surface area contributed by atoms with Crippen LogP contribution in [0, 0.1) is 13.8 Å². The van der Waals surface area contributed by atoms with Gasteiger partial charge in [-0.15, -0.1) is 10.2 Å². The van der Waals surface area contributed by atoms with Gasteiger partial charge in [0.25, 0.3) is 0 Å². The van der Waals surface area contributed by atoms with Gasteiger partial charge in [0.2, 0.25) is 0 Å². The predicted octanol–water partition coefficient (Wildman–Crippen LogP) is 20.9. The van der Waals surface area contributed by atoms with Gasteiger partial charge in [0, 0.05) is 25.2 Å². The zero-order chi connectivity index (χ0) is 54.3. The van der Waals surface area contributed by atoms with Crippen molar-refractivity contribution in [3.05, 3.63) is 83.9 Å².